The van der Waals surface area contributed by atoms with Gasteiger partial charge in [0.2, 0.25) is 5.91 Å². The molecule has 0 aliphatic heterocycles. The van der Waals surface area contributed by atoms with E-state index in [1.807, 2.05) is 32.9 Å². The van der Waals surface area contributed by atoms with Crippen LogP contribution in [0.2, 0.25) is 0 Å². The van der Waals surface area contributed by atoms with E-state index in [2.05, 4.69) is 34.2 Å². The lowest BCUT2D eigenvalue weighted by molar-refractivity contribution is -0.116. The van der Waals surface area contributed by atoms with Crippen LogP contribution in [0, 0.1) is 5.92 Å². The molecular formula is C18H28BrNO2. The molecular weight excluding hydrogens is 342 g/mol. The fourth-order valence-corrected chi connectivity index (χ4v) is 3.15. The molecule has 1 amide bonds. The van der Waals surface area contributed by atoms with Gasteiger partial charge in [0.15, 0.2) is 0 Å². The maximum absolute atomic E-state index is 12.0. The number of halogens is 1. The average Bonchev–Trinajstić information content (AvgIpc) is 2.41. The van der Waals surface area contributed by atoms with E-state index < -0.39 is 0 Å². The van der Waals surface area contributed by atoms with Crippen molar-refractivity contribution in [1.29, 1.82) is 0 Å². The van der Waals surface area contributed by atoms with Crippen LogP contribution in [-0.4, -0.2) is 17.3 Å². The summed E-state index contributed by atoms with van der Waals surface area (Å²) in [6, 6.07) is 6.06. The predicted molar refractivity (Wildman–Crippen MR) is 97.0 cm³/mol. The van der Waals surface area contributed by atoms with Crippen molar-refractivity contribution in [2.45, 2.75) is 58.2 Å². The first-order chi connectivity index (χ1) is 10.5. The number of hydrogen-bond acceptors (Lipinski definition) is 2. The summed E-state index contributed by atoms with van der Waals surface area (Å²) in [4.78, 5) is 12.4. The highest BCUT2D eigenvalue weighted by molar-refractivity contribution is 9.09. The number of hydrogen-bond donors (Lipinski definition) is 1. The molecule has 4 heteroatoms. The van der Waals surface area contributed by atoms with E-state index in [1.54, 1.807) is 0 Å². The third-order valence-electron chi connectivity index (χ3n) is 3.27. The van der Waals surface area contributed by atoms with Crippen molar-refractivity contribution in [2.75, 3.05) is 11.9 Å². The van der Waals surface area contributed by atoms with Crippen molar-refractivity contribution in [1.82, 2.24) is 0 Å². The fraction of sp³-hybridized carbons (Fsp3) is 0.611. The number of ether oxygens (including phenoxy) is 1. The Bertz CT molecular complexity index is 474. The highest BCUT2D eigenvalue weighted by Crippen LogP contribution is 2.28. The van der Waals surface area contributed by atoms with Crippen molar-refractivity contribution >= 4 is 27.5 Å². The molecule has 1 atom stereocenters. The summed E-state index contributed by atoms with van der Waals surface area (Å²) in [5.41, 5.74) is 1.98. The summed E-state index contributed by atoms with van der Waals surface area (Å²) >= 11 is 3.71. The monoisotopic (exact) mass is 369 g/mol. The van der Waals surface area contributed by atoms with Gasteiger partial charge in [0.1, 0.15) is 5.75 Å². The van der Waals surface area contributed by atoms with Crippen molar-refractivity contribution in [3.8, 4) is 5.75 Å². The molecule has 0 aliphatic carbocycles. The van der Waals surface area contributed by atoms with Crippen LogP contribution in [0.1, 0.15) is 52.5 Å². The van der Waals surface area contributed by atoms with Gasteiger partial charge in [-0.1, -0.05) is 49.2 Å². The van der Waals surface area contributed by atoms with E-state index in [4.69, 9.17) is 4.74 Å². The lowest BCUT2D eigenvalue weighted by Gasteiger charge is -2.15. The zero-order valence-corrected chi connectivity index (χ0v) is 15.7. The van der Waals surface area contributed by atoms with Crippen LogP contribution in [-0.2, 0) is 11.2 Å². The largest absolute Gasteiger partial charge is 0.492 e. The highest BCUT2D eigenvalue weighted by atomic mass is 79.9. The highest BCUT2D eigenvalue weighted by Gasteiger charge is 2.12. The van der Waals surface area contributed by atoms with Crippen molar-refractivity contribution < 1.29 is 9.53 Å². The predicted octanol–water partition coefficient (Wildman–Crippen LogP) is 5.18. The molecule has 1 unspecified atom stereocenters. The molecule has 0 fully saturated rings. The number of amides is 1. The van der Waals surface area contributed by atoms with Gasteiger partial charge in [-0.15, -0.1) is 0 Å². The van der Waals surface area contributed by atoms with Crippen LogP contribution in [0.15, 0.2) is 18.2 Å². The molecule has 0 bridgehead atoms. The van der Waals surface area contributed by atoms with Gasteiger partial charge in [-0.25, -0.2) is 0 Å². The van der Waals surface area contributed by atoms with Crippen LogP contribution >= 0.6 is 15.9 Å². The van der Waals surface area contributed by atoms with Crippen molar-refractivity contribution in [3.05, 3.63) is 23.8 Å². The van der Waals surface area contributed by atoms with Crippen LogP contribution in [0.5, 0.6) is 5.75 Å². The second-order valence-electron chi connectivity index (χ2n) is 6.00. The Kier molecular flexibility index (Phi) is 8.54. The van der Waals surface area contributed by atoms with Gasteiger partial charge in [-0.05, 0) is 43.4 Å². The van der Waals surface area contributed by atoms with E-state index in [1.165, 1.54) is 5.56 Å². The zero-order chi connectivity index (χ0) is 16.5. The third-order valence-corrected chi connectivity index (χ3v) is 4.05. The Morgan fingerprint density at radius 2 is 2.05 bits per heavy atom. The summed E-state index contributed by atoms with van der Waals surface area (Å²) in [5.74, 6) is 1.14. The first-order valence-corrected chi connectivity index (χ1v) is 9.07. The van der Waals surface area contributed by atoms with Gasteiger partial charge >= 0.3 is 0 Å². The van der Waals surface area contributed by atoms with Gasteiger partial charge in [0.25, 0.3) is 0 Å². The van der Waals surface area contributed by atoms with E-state index in [9.17, 15) is 4.79 Å². The number of rotatable bonds is 9. The van der Waals surface area contributed by atoms with E-state index in [0.717, 1.165) is 30.7 Å². The number of carbonyl (C=O) groups is 1. The number of anilines is 1. The van der Waals surface area contributed by atoms with Gasteiger partial charge in [-0.2, -0.15) is 0 Å². The second-order valence-corrected chi connectivity index (χ2v) is 7.29. The summed E-state index contributed by atoms with van der Waals surface area (Å²) in [7, 11) is 0. The molecule has 0 saturated carbocycles. The number of carbonyl (C=O) groups excluding carboxylic acids is 1. The van der Waals surface area contributed by atoms with Gasteiger partial charge < -0.3 is 10.1 Å². The van der Waals surface area contributed by atoms with Crippen LogP contribution in [0.3, 0.4) is 0 Å². The first-order valence-electron chi connectivity index (χ1n) is 8.15. The van der Waals surface area contributed by atoms with Crippen LogP contribution in [0.4, 0.5) is 5.69 Å². The Morgan fingerprint density at radius 3 is 2.64 bits per heavy atom. The first kappa shape index (κ1) is 19.0. The normalized spacial score (nSPS) is 12.3. The van der Waals surface area contributed by atoms with Gasteiger partial charge in [0, 0.05) is 11.2 Å². The van der Waals surface area contributed by atoms with E-state index >= 15 is 0 Å². The van der Waals surface area contributed by atoms with Gasteiger partial charge in [-0.3, -0.25) is 4.79 Å². The number of benzene rings is 1. The van der Waals surface area contributed by atoms with Crippen molar-refractivity contribution in [3.63, 3.8) is 0 Å². The zero-order valence-electron chi connectivity index (χ0n) is 14.1. The minimum atomic E-state index is 0.0352. The molecule has 0 aromatic heterocycles. The molecule has 3 nitrogen and oxygen atoms in total. The minimum absolute atomic E-state index is 0.0352. The molecule has 0 heterocycles. The lowest BCUT2D eigenvalue weighted by atomic mass is 10.1. The topological polar surface area (TPSA) is 38.3 Å². The third kappa shape index (κ3) is 6.82. The maximum Gasteiger partial charge on any atom is 0.224 e. The molecule has 22 heavy (non-hydrogen) atoms. The van der Waals surface area contributed by atoms with E-state index in [0.29, 0.717) is 23.8 Å². The molecule has 1 aromatic carbocycles. The summed E-state index contributed by atoms with van der Waals surface area (Å²) < 4.78 is 5.70. The molecule has 0 radical (unpaired) electrons. The lowest BCUT2D eigenvalue weighted by Crippen LogP contribution is -2.15. The van der Waals surface area contributed by atoms with E-state index in [-0.39, 0.29) is 5.91 Å². The minimum Gasteiger partial charge on any atom is -0.492 e. The molecule has 1 aromatic rings. The molecule has 124 valence electrons. The Morgan fingerprint density at radius 1 is 1.32 bits per heavy atom. The Hall–Kier alpha value is -1.03. The van der Waals surface area contributed by atoms with Crippen LogP contribution < -0.4 is 10.1 Å². The quantitative estimate of drug-likeness (QED) is 0.609. The number of alkyl halides is 1. The van der Waals surface area contributed by atoms with Gasteiger partial charge in [0.05, 0.1) is 12.3 Å². The standard InChI is InChI=1S/C18H28BrNO2/c1-5-7-15(19)11-14-8-9-16(17(12-14)22-6-2)20-18(21)10-13(3)4/h8-9,12-13,15H,5-7,10-11H2,1-4H3,(H,20,21). The molecule has 0 spiro atoms. The molecule has 0 aliphatic rings. The summed E-state index contributed by atoms with van der Waals surface area (Å²) in [5, 5.41) is 2.96. The van der Waals surface area contributed by atoms with Crippen LogP contribution in [0.25, 0.3) is 0 Å². The SMILES string of the molecule is CCCC(Br)Cc1ccc(NC(=O)CC(C)C)c(OCC)c1. The maximum atomic E-state index is 12.0. The Balaban J connectivity index is 2.82. The summed E-state index contributed by atoms with van der Waals surface area (Å²) in [6.45, 7) is 8.80. The molecule has 1 rings (SSSR count). The Labute approximate surface area is 143 Å². The fourth-order valence-electron chi connectivity index (χ4n) is 2.31. The second kappa shape index (κ2) is 9.88. The average molecular weight is 370 g/mol. The summed E-state index contributed by atoms with van der Waals surface area (Å²) in [6.07, 6.45) is 3.80. The smallest absolute Gasteiger partial charge is 0.224 e. The number of nitrogens with one attached hydrogen (secondary N) is 1. The van der Waals surface area contributed by atoms with Crippen molar-refractivity contribution in [2.24, 2.45) is 5.92 Å². The molecule has 0 saturated heterocycles. The molecule has 1 N–H and O–H groups in total.